The average molecular weight is 353 g/mol. The molecule has 0 saturated carbocycles. The molecule has 2 aromatic rings. The maximum atomic E-state index is 14.0. The summed E-state index contributed by atoms with van der Waals surface area (Å²) in [6, 6.07) is 10.1. The summed E-state index contributed by atoms with van der Waals surface area (Å²) in [4.78, 5) is 12.0. The minimum absolute atomic E-state index is 0.262. The number of carbonyl (C=O) groups is 1. The van der Waals surface area contributed by atoms with E-state index < -0.39 is 5.82 Å². The van der Waals surface area contributed by atoms with Crippen molar-refractivity contribution in [2.45, 2.75) is 0 Å². The van der Waals surface area contributed by atoms with Gasteiger partial charge in [0.2, 0.25) is 0 Å². The molecule has 5 heteroatoms. The second kappa shape index (κ2) is 5.04. The van der Waals surface area contributed by atoms with Gasteiger partial charge in [-0.2, -0.15) is 0 Å². The van der Waals surface area contributed by atoms with Gasteiger partial charge in [-0.3, -0.25) is 4.79 Å². The molecule has 1 amide bonds. The fourth-order valence-corrected chi connectivity index (χ4v) is 2.65. The predicted octanol–water partition coefficient (Wildman–Crippen LogP) is 4.73. The summed E-state index contributed by atoms with van der Waals surface area (Å²) in [5.41, 5.74) is 2.14. The van der Waals surface area contributed by atoms with Gasteiger partial charge in [-0.15, -0.1) is 0 Å². The normalized spacial score (nSPS) is 15.3. The van der Waals surface area contributed by atoms with Gasteiger partial charge in [-0.1, -0.05) is 29.8 Å². The van der Waals surface area contributed by atoms with E-state index in [0.717, 1.165) is 5.56 Å². The molecule has 0 unspecified atom stereocenters. The van der Waals surface area contributed by atoms with Gasteiger partial charge < -0.3 is 5.32 Å². The Morgan fingerprint density at radius 3 is 2.85 bits per heavy atom. The average Bonchev–Trinajstić information content (AvgIpc) is 2.70. The minimum Gasteiger partial charge on any atom is -0.321 e. The molecule has 0 saturated heterocycles. The van der Waals surface area contributed by atoms with Crippen molar-refractivity contribution >= 4 is 50.8 Å². The van der Waals surface area contributed by atoms with Crippen LogP contribution in [0.4, 0.5) is 10.1 Å². The van der Waals surface area contributed by atoms with Crippen LogP contribution in [0, 0.1) is 5.82 Å². The molecular formula is C15H8BrClFNO. The number of nitrogens with one attached hydrogen (secondary N) is 1. The number of hydrogen-bond donors (Lipinski definition) is 1. The third-order valence-corrected chi connectivity index (χ3v) is 3.89. The first-order chi connectivity index (χ1) is 9.56. The molecule has 2 aromatic carbocycles. The van der Waals surface area contributed by atoms with Gasteiger partial charge in [0, 0.05) is 21.7 Å². The second-order valence-corrected chi connectivity index (χ2v) is 5.64. The van der Waals surface area contributed by atoms with Gasteiger partial charge in [0.25, 0.3) is 5.91 Å². The number of anilines is 1. The molecular weight excluding hydrogens is 345 g/mol. The van der Waals surface area contributed by atoms with Gasteiger partial charge >= 0.3 is 0 Å². The molecule has 1 aliphatic rings. The first kappa shape index (κ1) is 13.3. The summed E-state index contributed by atoms with van der Waals surface area (Å²) >= 11 is 9.02. The van der Waals surface area contributed by atoms with Gasteiger partial charge in [0.15, 0.2) is 0 Å². The van der Waals surface area contributed by atoms with E-state index in [1.807, 2.05) is 0 Å². The molecule has 1 aliphatic heterocycles. The lowest BCUT2D eigenvalue weighted by Crippen LogP contribution is -2.03. The van der Waals surface area contributed by atoms with Gasteiger partial charge in [0.05, 0.1) is 10.2 Å². The maximum absolute atomic E-state index is 14.0. The first-order valence-corrected chi connectivity index (χ1v) is 7.00. The Labute approximate surface area is 128 Å². The minimum atomic E-state index is -0.393. The van der Waals surface area contributed by atoms with Crippen LogP contribution < -0.4 is 5.32 Å². The van der Waals surface area contributed by atoms with Crippen LogP contribution >= 0.6 is 27.5 Å². The third-order valence-electron chi connectivity index (χ3n) is 3.05. The summed E-state index contributed by atoms with van der Waals surface area (Å²) < 4.78 is 14.3. The van der Waals surface area contributed by atoms with E-state index >= 15 is 0 Å². The Bertz CT molecular complexity index is 758. The Kier molecular flexibility index (Phi) is 3.36. The molecule has 0 radical (unpaired) electrons. The molecule has 100 valence electrons. The van der Waals surface area contributed by atoms with Crippen molar-refractivity contribution in [3.05, 3.63) is 62.8 Å². The number of fused-ring (bicyclic) bond motifs is 1. The molecule has 0 bridgehead atoms. The van der Waals surface area contributed by atoms with Gasteiger partial charge in [-0.05, 0) is 40.2 Å². The van der Waals surface area contributed by atoms with Crippen molar-refractivity contribution in [1.29, 1.82) is 0 Å². The monoisotopic (exact) mass is 351 g/mol. The second-order valence-electron chi connectivity index (χ2n) is 4.35. The van der Waals surface area contributed by atoms with Crippen LogP contribution in [0.3, 0.4) is 0 Å². The molecule has 20 heavy (non-hydrogen) atoms. The van der Waals surface area contributed by atoms with Crippen LogP contribution in [-0.2, 0) is 4.79 Å². The van der Waals surface area contributed by atoms with Crippen molar-refractivity contribution in [2.75, 3.05) is 5.32 Å². The summed E-state index contributed by atoms with van der Waals surface area (Å²) in [5, 5.41) is 3.26. The number of hydrogen-bond acceptors (Lipinski definition) is 1. The van der Waals surface area contributed by atoms with Crippen molar-refractivity contribution in [1.82, 2.24) is 0 Å². The lowest BCUT2D eigenvalue weighted by Gasteiger charge is -2.02. The lowest BCUT2D eigenvalue weighted by molar-refractivity contribution is -0.110. The number of carbonyl (C=O) groups excluding carboxylic acids is 1. The number of benzene rings is 2. The SMILES string of the molecule is O=C1Nc2cc(Cl)ccc2/C1=C\c1cccc(Br)c1F. The largest absolute Gasteiger partial charge is 0.321 e. The molecule has 2 nitrogen and oxygen atoms in total. The summed E-state index contributed by atoms with van der Waals surface area (Å²) in [7, 11) is 0. The zero-order valence-corrected chi connectivity index (χ0v) is 12.4. The third kappa shape index (κ3) is 2.25. The molecule has 0 aliphatic carbocycles. The van der Waals surface area contributed by atoms with Crippen LogP contribution in [-0.4, -0.2) is 5.91 Å². The van der Waals surface area contributed by atoms with Crippen molar-refractivity contribution in [3.8, 4) is 0 Å². The molecule has 0 aromatic heterocycles. The standard InChI is InChI=1S/C15H8BrClFNO/c16-12-3-1-2-8(14(12)18)6-11-10-5-4-9(17)7-13(10)19-15(11)20/h1-7H,(H,19,20)/b11-6+. The van der Waals surface area contributed by atoms with Crippen LogP contribution in [0.15, 0.2) is 40.9 Å². The number of amides is 1. The highest BCUT2D eigenvalue weighted by molar-refractivity contribution is 9.10. The van der Waals surface area contributed by atoms with Crippen LogP contribution in [0.25, 0.3) is 11.6 Å². The lowest BCUT2D eigenvalue weighted by atomic mass is 10.0. The van der Waals surface area contributed by atoms with E-state index in [1.54, 1.807) is 36.4 Å². The fourth-order valence-electron chi connectivity index (χ4n) is 2.10. The molecule has 1 N–H and O–H groups in total. The molecule has 0 fully saturated rings. The highest BCUT2D eigenvalue weighted by atomic mass is 79.9. The highest BCUT2D eigenvalue weighted by Crippen LogP contribution is 2.35. The highest BCUT2D eigenvalue weighted by Gasteiger charge is 2.24. The van der Waals surface area contributed by atoms with Crippen molar-refractivity contribution in [2.24, 2.45) is 0 Å². The summed E-state index contributed by atoms with van der Waals surface area (Å²) in [5.74, 6) is -0.656. The molecule has 3 rings (SSSR count). The van der Waals surface area contributed by atoms with Crippen molar-refractivity contribution < 1.29 is 9.18 Å². The van der Waals surface area contributed by atoms with E-state index in [1.165, 1.54) is 6.08 Å². The predicted molar refractivity (Wildman–Crippen MR) is 82.1 cm³/mol. The van der Waals surface area contributed by atoms with E-state index in [2.05, 4.69) is 21.2 Å². The summed E-state index contributed by atoms with van der Waals surface area (Å²) in [6.45, 7) is 0. The maximum Gasteiger partial charge on any atom is 0.256 e. The zero-order chi connectivity index (χ0) is 14.3. The fraction of sp³-hybridized carbons (Fsp3) is 0. The van der Waals surface area contributed by atoms with Gasteiger partial charge in [0.1, 0.15) is 5.82 Å². The Hall–Kier alpha value is -1.65. The quantitative estimate of drug-likeness (QED) is 0.738. The topological polar surface area (TPSA) is 29.1 Å². The molecule has 0 atom stereocenters. The Balaban J connectivity index is 2.14. The van der Waals surface area contributed by atoms with E-state index in [0.29, 0.717) is 26.3 Å². The van der Waals surface area contributed by atoms with Gasteiger partial charge in [-0.25, -0.2) is 4.39 Å². The van der Waals surface area contributed by atoms with Crippen molar-refractivity contribution in [3.63, 3.8) is 0 Å². The van der Waals surface area contributed by atoms with E-state index in [4.69, 9.17) is 11.6 Å². The molecule has 0 spiro atoms. The zero-order valence-electron chi connectivity index (χ0n) is 10.1. The van der Waals surface area contributed by atoms with Crippen LogP contribution in [0.1, 0.15) is 11.1 Å². The Morgan fingerprint density at radius 2 is 2.05 bits per heavy atom. The first-order valence-electron chi connectivity index (χ1n) is 5.83. The van der Waals surface area contributed by atoms with E-state index in [-0.39, 0.29) is 5.91 Å². The number of rotatable bonds is 1. The van der Waals surface area contributed by atoms with Crippen LogP contribution in [0.5, 0.6) is 0 Å². The Morgan fingerprint density at radius 1 is 1.25 bits per heavy atom. The number of halogens is 3. The van der Waals surface area contributed by atoms with E-state index in [9.17, 15) is 9.18 Å². The molecule has 1 heterocycles. The summed E-state index contributed by atoms with van der Waals surface area (Å²) in [6.07, 6.45) is 1.54. The smallest absolute Gasteiger partial charge is 0.256 e. The van der Waals surface area contributed by atoms with Crippen LogP contribution in [0.2, 0.25) is 5.02 Å².